The first-order valence-electron chi connectivity index (χ1n) is 8.79. The fraction of sp³-hybridized carbons (Fsp3) is 0.300. The fourth-order valence-corrected chi connectivity index (χ4v) is 5.13. The Hall–Kier alpha value is -2.12. The molecule has 5 nitrogen and oxygen atoms in total. The van der Waals surface area contributed by atoms with E-state index in [-0.39, 0.29) is 5.75 Å². The summed E-state index contributed by atoms with van der Waals surface area (Å²) in [6.45, 7) is 6.62. The summed E-state index contributed by atoms with van der Waals surface area (Å²) < 4.78 is 27.3. The predicted molar refractivity (Wildman–Crippen MR) is 109 cm³/mol. The van der Waals surface area contributed by atoms with Gasteiger partial charge in [-0.3, -0.25) is 0 Å². The molecule has 1 aromatic heterocycles. The van der Waals surface area contributed by atoms with E-state index in [1.165, 1.54) is 11.1 Å². The number of sulfone groups is 1. The summed E-state index contributed by atoms with van der Waals surface area (Å²) >= 11 is 1.58. The van der Waals surface area contributed by atoms with Crippen molar-refractivity contribution in [3.63, 3.8) is 0 Å². The van der Waals surface area contributed by atoms with Crippen molar-refractivity contribution in [1.82, 2.24) is 14.8 Å². The maximum Gasteiger partial charge on any atom is 0.191 e. The van der Waals surface area contributed by atoms with E-state index in [0.29, 0.717) is 17.3 Å². The lowest BCUT2D eigenvalue weighted by molar-refractivity contribution is 0.588. The van der Waals surface area contributed by atoms with Gasteiger partial charge in [-0.1, -0.05) is 53.7 Å². The molecule has 142 valence electrons. The molecular formula is C20H23N3O2S2. The number of aromatic nitrogens is 3. The number of hydrogen-bond acceptors (Lipinski definition) is 5. The Bertz CT molecular complexity index is 1030. The van der Waals surface area contributed by atoms with Gasteiger partial charge in [-0.25, -0.2) is 8.42 Å². The maximum absolute atomic E-state index is 12.7. The van der Waals surface area contributed by atoms with Gasteiger partial charge in [0.2, 0.25) is 0 Å². The predicted octanol–water partition coefficient (Wildman–Crippen LogP) is 4.18. The van der Waals surface area contributed by atoms with E-state index in [2.05, 4.69) is 29.3 Å². The van der Waals surface area contributed by atoms with Crippen LogP contribution in [0.1, 0.15) is 29.4 Å². The van der Waals surface area contributed by atoms with Crippen molar-refractivity contribution in [2.45, 2.75) is 48.9 Å². The molecule has 3 rings (SSSR count). The molecule has 27 heavy (non-hydrogen) atoms. The first-order valence-corrected chi connectivity index (χ1v) is 11.4. The van der Waals surface area contributed by atoms with Gasteiger partial charge in [-0.2, -0.15) is 0 Å². The Kier molecular flexibility index (Phi) is 6.01. The van der Waals surface area contributed by atoms with Gasteiger partial charge >= 0.3 is 0 Å². The zero-order valence-electron chi connectivity index (χ0n) is 15.7. The van der Waals surface area contributed by atoms with E-state index >= 15 is 0 Å². The first kappa shape index (κ1) is 19.6. The van der Waals surface area contributed by atoms with Crippen LogP contribution in [0.2, 0.25) is 0 Å². The lowest BCUT2D eigenvalue weighted by Crippen LogP contribution is -2.11. The van der Waals surface area contributed by atoms with Gasteiger partial charge in [0.15, 0.2) is 15.0 Å². The molecule has 0 spiro atoms. The topological polar surface area (TPSA) is 64.8 Å². The van der Waals surface area contributed by atoms with Gasteiger partial charge in [-0.05, 0) is 44.0 Å². The molecule has 7 heteroatoms. The summed E-state index contributed by atoms with van der Waals surface area (Å²) in [5, 5.41) is 9.14. The Morgan fingerprint density at radius 1 is 1.00 bits per heavy atom. The highest BCUT2D eigenvalue weighted by Gasteiger charge is 2.21. The van der Waals surface area contributed by atoms with Crippen molar-refractivity contribution < 1.29 is 8.42 Å². The minimum atomic E-state index is -3.46. The monoisotopic (exact) mass is 401 g/mol. The Balaban J connectivity index is 1.79. The van der Waals surface area contributed by atoms with Crippen molar-refractivity contribution in [2.75, 3.05) is 0 Å². The maximum atomic E-state index is 12.7. The molecule has 0 atom stereocenters. The molecule has 0 amide bonds. The molecule has 0 bridgehead atoms. The van der Waals surface area contributed by atoms with E-state index in [9.17, 15) is 8.42 Å². The summed E-state index contributed by atoms with van der Waals surface area (Å²) in [6, 6.07) is 15.1. The van der Waals surface area contributed by atoms with Crippen LogP contribution < -0.4 is 0 Å². The van der Waals surface area contributed by atoms with Gasteiger partial charge in [0.05, 0.1) is 4.90 Å². The van der Waals surface area contributed by atoms with Gasteiger partial charge in [0.1, 0.15) is 11.6 Å². The normalized spacial score (nSPS) is 11.7. The van der Waals surface area contributed by atoms with E-state index in [4.69, 9.17) is 0 Å². The smallest absolute Gasteiger partial charge is 0.191 e. The number of rotatable bonds is 7. The van der Waals surface area contributed by atoms with Crippen LogP contribution in [-0.4, -0.2) is 23.2 Å². The Morgan fingerprint density at radius 2 is 1.70 bits per heavy atom. The number of thioether (sulfide) groups is 1. The third kappa shape index (κ3) is 4.59. The molecule has 0 saturated carbocycles. The van der Waals surface area contributed by atoms with Crippen LogP contribution in [0, 0.1) is 13.8 Å². The molecule has 1 heterocycles. The zero-order valence-corrected chi connectivity index (χ0v) is 17.3. The molecular weight excluding hydrogens is 378 g/mol. The lowest BCUT2D eigenvalue weighted by Gasteiger charge is -2.09. The molecule has 0 fully saturated rings. The minimum absolute atomic E-state index is 0.151. The molecule has 0 aliphatic heterocycles. The molecule has 0 radical (unpaired) electrons. The van der Waals surface area contributed by atoms with E-state index in [0.717, 1.165) is 16.5 Å². The number of benzene rings is 2. The number of nitrogens with zero attached hydrogens (tertiary/aromatic N) is 3. The van der Waals surface area contributed by atoms with Crippen LogP contribution in [0.25, 0.3) is 0 Å². The number of aryl methyl sites for hydroxylation is 2. The molecule has 3 aromatic rings. The zero-order chi connectivity index (χ0) is 19.4. The van der Waals surface area contributed by atoms with Crippen LogP contribution in [0.3, 0.4) is 0 Å². The summed E-state index contributed by atoms with van der Waals surface area (Å²) in [5.41, 5.74) is 3.50. The van der Waals surface area contributed by atoms with Gasteiger partial charge in [0.25, 0.3) is 0 Å². The van der Waals surface area contributed by atoms with Crippen LogP contribution in [0.4, 0.5) is 0 Å². The average Bonchev–Trinajstić information content (AvgIpc) is 3.02. The van der Waals surface area contributed by atoms with Crippen LogP contribution >= 0.6 is 11.8 Å². The quantitative estimate of drug-likeness (QED) is 0.556. The molecule has 2 aromatic carbocycles. The highest BCUT2D eigenvalue weighted by Crippen LogP contribution is 2.25. The van der Waals surface area contributed by atoms with E-state index in [1.54, 1.807) is 36.0 Å². The first-order chi connectivity index (χ1) is 12.9. The van der Waals surface area contributed by atoms with Gasteiger partial charge < -0.3 is 4.57 Å². The van der Waals surface area contributed by atoms with Crippen LogP contribution in [-0.2, 0) is 27.9 Å². The third-order valence-electron chi connectivity index (χ3n) is 4.43. The highest BCUT2D eigenvalue weighted by molar-refractivity contribution is 7.98. The standard InChI is InChI=1S/C20H23N3O2S2/c1-4-23-19(14-27(24,25)18-11-9-15(2)10-12-18)21-22-20(23)26-13-17-8-6-5-7-16(17)3/h5-12H,4,13-14H2,1-3H3. The van der Waals surface area contributed by atoms with Crippen LogP contribution in [0.5, 0.6) is 0 Å². The number of hydrogen-bond donors (Lipinski definition) is 0. The second kappa shape index (κ2) is 8.27. The highest BCUT2D eigenvalue weighted by atomic mass is 32.2. The van der Waals surface area contributed by atoms with Gasteiger partial charge in [-0.15, -0.1) is 10.2 Å². The van der Waals surface area contributed by atoms with Crippen LogP contribution in [0.15, 0.2) is 58.6 Å². The van der Waals surface area contributed by atoms with Crippen molar-refractivity contribution in [1.29, 1.82) is 0 Å². The van der Waals surface area contributed by atoms with Crippen molar-refractivity contribution in [3.05, 3.63) is 71.0 Å². The van der Waals surface area contributed by atoms with Crippen molar-refractivity contribution >= 4 is 21.6 Å². The summed E-state index contributed by atoms with van der Waals surface area (Å²) in [4.78, 5) is 0.313. The van der Waals surface area contributed by atoms with Gasteiger partial charge in [0, 0.05) is 12.3 Å². The second-order valence-electron chi connectivity index (χ2n) is 6.43. The Labute approximate surface area is 164 Å². The van der Waals surface area contributed by atoms with Crippen molar-refractivity contribution in [2.24, 2.45) is 0 Å². The summed E-state index contributed by atoms with van der Waals surface area (Å²) in [5.74, 6) is 1.10. The molecule has 0 saturated heterocycles. The molecule has 0 aliphatic rings. The summed E-state index contributed by atoms with van der Waals surface area (Å²) in [6.07, 6.45) is 0. The van der Waals surface area contributed by atoms with E-state index in [1.807, 2.05) is 30.5 Å². The molecule has 0 N–H and O–H groups in total. The SMILES string of the molecule is CCn1c(CS(=O)(=O)c2ccc(C)cc2)nnc1SCc1ccccc1C. The molecule has 0 aliphatic carbocycles. The average molecular weight is 402 g/mol. The molecule has 0 unspecified atom stereocenters. The largest absolute Gasteiger partial charge is 0.305 e. The van der Waals surface area contributed by atoms with Crippen molar-refractivity contribution in [3.8, 4) is 0 Å². The lowest BCUT2D eigenvalue weighted by atomic mass is 10.1. The fourth-order valence-electron chi connectivity index (χ4n) is 2.76. The third-order valence-corrected chi connectivity index (χ3v) is 7.07. The Morgan fingerprint density at radius 3 is 2.37 bits per heavy atom. The van der Waals surface area contributed by atoms with E-state index < -0.39 is 9.84 Å². The summed E-state index contributed by atoms with van der Waals surface area (Å²) in [7, 11) is -3.46. The minimum Gasteiger partial charge on any atom is -0.305 e. The second-order valence-corrected chi connectivity index (χ2v) is 9.36.